The van der Waals surface area contributed by atoms with E-state index < -0.39 is 32.5 Å². The van der Waals surface area contributed by atoms with E-state index >= 15 is 0 Å². The highest BCUT2D eigenvalue weighted by molar-refractivity contribution is 7.90. The zero-order chi connectivity index (χ0) is 22.4. The number of anilines is 1. The summed E-state index contributed by atoms with van der Waals surface area (Å²) < 4.78 is 51.8. The van der Waals surface area contributed by atoms with Crippen molar-refractivity contribution in [1.82, 2.24) is 14.3 Å². The molecule has 2 aromatic rings. The predicted molar refractivity (Wildman–Crippen MR) is 108 cm³/mol. The molecule has 3 N–H and O–H groups in total. The molecular formula is C18H19FN6O5S. The van der Waals surface area contributed by atoms with Crippen molar-refractivity contribution < 1.29 is 27.1 Å². The Kier molecular flexibility index (Phi) is 5.01. The molecule has 2 aliphatic heterocycles. The van der Waals surface area contributed by atoms with Crippen molar-refractivity contribution in [2.24, 2.45) is 10.7 Å². The Morgan fingerprint density at radius 2 is 2.16 bits per heavy atom. The van der Waals surface area contributed by atoms with Crippen LogP contribution in [-0.2, 0) is 20.3 Å². The summed E-state index contributed by atoms with van der Waals surface area (Å²) in [6.45, 7) is -0.343. The second kappa shape index (κ2) is 7.42. The molecule has 1 fully saturated rings. The van der Waals surface area contributed by atoms with Crippen LogP contribution in [0.4, 0.5) is 10.1 Å². The number of methoxy groups -OCH3 is 1. The molecule has 2 unspecified atom stereocenters. The van der Waals surface area contributed by atoms with Gasteiger partial charge in [0.2, 0.25) is 21.9 Å². The van der Waals surface area contributed by atoms with Crippen molar-refractivity contribution in [3.05, 3.63) is 47.7 Å². The molecule has 1 saturated heterocycles. The molecule has 13 heteroatoms. The number of hydrogen-bond acceptors (Lipinski definition) is 9. The van der Waals surface area contributed by atoms with Crippen LogP contribution in [0, 0.1) is 5.82 Å². The number of halogens is 1. The van der Waals surface area contributed by atoms with Gasteiger partial charge in [-0.05, 0) is 18.2 Å². The van der Waals surface area contributed by atoms with Crippen molar-refractivity contribution in [1.29, 1.82) is 0 Å². The van der Waals surface area contributed by atoms with Gasteiger partial charge in [0.05, 0.1) is 32.7 Å². The summed E-state index contributed by atoms with van der Waals surface area (Å²) in [7, 11) is -1.23. The van der Waals surface area contributed by atoms with Crippen LogP contribution in [-0.4, -0.2) is 67.2 Å². The van der Waals surface area contributed by atoms with E-state index in [2.05, 4.69) is 20.3 Å². The number of nitrogens with zero attached hydrogens (tertiary/aromatic N) is 4. The highest BCUT2D eigenvalue weighted by atomic mass is 32.2. The number of guanidine groups is 1. The van der Waals surface area contributed by atoms with Crippen LogP contribution in [0.1, 0.15) is 16.1 Å². The number of nitrogens with one attached hydrogen (secondary N) is 1. The van der Waals surface area contributed by atoms with Gasteiger partial charge in [-0.2, -0.15) is 0 Å². The number of rotatable bonds is 4. The number of nitrogens with two attached hydrogens (primary N) is 1. The van der Waals surface area contributed by atoms with Crippen molar-refractivity contribution in [3.8, 4) is 5.88 Å². The second-order valence-corrected chi connectivity index (χ2v) is 9.15. The number of sulfonamides is 1. The third kappa shape index (κ3) is 3.35. The monoisotopic (exact) mass is 450 g/mol. The summed E-state index contributed by atoms with van der Waals surface area (Å²) in [6.07, 6.45) is 2.51. The number of amides is 1. The third-order valence-electron chi connectivity index (χ3n) is 5.26. The number of aromatic nitrogens is 2. The highest BCUT2D eigenvalue weighted by Gasteiger charge is 2.58. The Morgan fingerprint density at radius 3 is 2.84 bits per heavy atom. The van der Waals surface area contributed by atoms with Gasteiger partial charge in [0, 0.05) is 18.3 Å². The van der Waals surface area contributed by atoms with E-state index in [0.29, 0.717) is 0 Å². The molecule has 0 radical (unpaired) electrons. The van der Waals surface area contributed by atoms with Gasteiger partial charge in [0.1, 0.15) is 22.3 Å². The van der Waals surface area contributed by atoms with E-state index in [4.69, 9.17) is 15.2 Å². The largest absolute Gasteiger partial charge is 0.480 e. The van der Waals surface area contributed by atoms with E-state index in [1.165, 1.54) is 38.7 Å². The molecule has 164 valence electrons. The Hall–Kier alpha value is -3.32. The second-order valence-electron chi connectivity index (χ2n) is 7.00. The first-order valence-electron chi connectivity index (χ1n) is 9.07. The van der Waals surface area contributed by atoms with Crippen molar-refractivity contribution in [2.45, 2.75) is 10.8 Å². The van der Waals surface area contributed by atoms with Gasteiger partial charge >= 0.3 is 0 Å². The summed E-state index contributed by atoms with van der Waals surface area (Å²) in [5.41, 5.74) is 4.43. The normalized spacial score (nSPS) is 24.3. The maximum atomic E-state index is 14.9. The van der Waals surface area contributed by atoms with Gasteiger partial charge in [-0.15, -0.1) is 0 Å². The number of carbonyl (C=O) groups is 1. The lowest BCUT2D eigenvalue weighted by Gasteiger charge is -2.38. The number of benzene rings is 1. The Balaban J connectivity index is 1.72. The molecule has 0 saturated carbocycles. The molecule has 1 amide bonds. The predicted octanol–water partition coefficient (Wildman–Crippen LogP) is 0.0606. The minimum absolute atomic E-state index is 0.0102. The van der Waals surface area contributed by atoms with Gasteiger partial charge in [0.15, 0.2) is 0 Å². The van der Waals surface area contributed by atoms with Crippen molar-refractivity contribution in [3.63, 3.8) is 0 Å². The molecule has 0 bridgehead atoms. The van der Waals surface area contributed by atoms with Crippen molar-refractivity contribution >= 4 is 27.6 Å². The number of carbonyl (C=O) groups excluding carboxylic acids is 1. The maximum Gasteiger partial charge on any atom is 0.275 e. The minimum atomic E-state index is -3.93. The molecule has 3 heterocycles. The van der Waals surface area contributed by atoms with Crippen LogP contribution in [0.2, 0.25) is 0 Å². The molecule has 1 aromatic carbocycles. The molecule has 11 nitrogen and oxygen atoms in total. The minimum Gasteiger partial charge on any atom is -0.480 e. The Bertz CT molecular complexity index is 1170. The lowest BCUT2D eigenvalue weighted by Crippen LogP contribution is -2.57. The van der Waals surface area contributed by atoms with E-state index in [1.54, 1.807) is 0 Å². The highest BCUT2D eigenvalue weighted by Crippen LogP contribution is 2.44. The first kappa shape index (κ1) is 20.9. The van der Waals surface area contributed by atoms with Crippen LogP contribution in [0.3, 0.4) is 0 Å². The first-order chi connectivity index (χ1) is 14.7. The van der Waals surface area contributed by atoms with E-state index in [-0.39, 0.29) is 42.0 Å². The van der Waals surface area contributed by atoms with Crippen molar-refractivity contribution in [2.75, 3.05) is 32.7 Å². The zero-order valence-corrected chi connectivity index (χ0v) is 17.4. The Labute approximate surface area is 177 Å². The van der Waals surface area contributed by atoms with E-state index in [1.807, 2.05) is 0 Å². The number of fused-ring (bicyclic) bond motifs is 1. The summed E-state index contributed by atoms with van der Waals surface area (Å²) in [5.74, 6) is -1.33. The topological polar surface area (TPSA) is 149 Å². The average Bonchev–Trinajstić information content (AvgIpc) is 3.19. The fourth-order valence-corrected chi connectivity index (χ4v) is 5.26. The van der Waals surface area contributed by atoms with Gasteiger partial charge in [0.25, 0.3) is 5.91 Å². The summed E-state index contributed by atoms with van der Waals surface area (Å²) in [5, 5.41) is 1.43. The number of aliphatic imine (C=N–C) groups is 1. The SMILES string of the molecule is COc1cnc(C(=O)Nc2ccc(F)c(C34COCC3S(=O)(=O)N(C)C(N)=N4)c2)cn1. The molecule has 2 aliphatic rings. The molecule has 31 heavy (non-hydrogen) atoms. The molecule has 4 rings (SSSR count). The van der Waals surface area contributed by atoms with E-state index in [9.17, 15) is 17.6 Å². The smallest absolute Gasteiger partial charge is 0.275 e. The summed E-state index contributed by atoms with van der Waals surface area (Å²) >= 11 is 0. The zero-order valence-electron chi connectivity index (χ0n) is 16.6. The molecule has 2 atom stereocenters. The maximum absolute atomic E-state index is 14.9. The average molecular weight is 450 g/mol. The molecule has 1 aromatic heterocycles. The summed E-state index contributed by atoms with van der Waals surface area (Å²) in [6, 6.07) is 3.78. The van der Waals surface area contributed by atoms with Gasteiger partial charge in [-0.25, -0.2) is 32.1 Å². The molecular weight excluding hydrogens is 431 g/mol. The molecule has 0 spiro atoms. The van der Waals surface area contributed by atoms with Crippen LogP contribution < -0.4 is 15.8 Å². The lowest BCUT2D eigenvalue weighted by molar-refractivity contribution is 0.102. The quantitative estimate of drug-likeness (QED) is 0.664. The third-order valence-corrected chi connectivity index (χ3v) is 7.46. The van der Waals surface area contributed by atoms with Crippen LogP contribution in [0.25, 0.3) is 0 Å². The summed E-state index contributed by atoms with van der Waals surface area (Å²) in [4.78, 5) is 24.7. The van der Waals surface area contributed by atoms with Crippen LogP contribution in [0.15, 0.2) is 35.6 Å². The first-order valence-corrected chi connectivity index (χ1v) is 10.6. The number of ether oxygens (including phenoxy) is 2. The number of hydrogen-bond donors (Lipinski definition) is 2. The fourth-order valence-electron chi connectivity index (χ4n) is 3.57. The van der Waals surface area contributed by atoms with Gasteiger partial charge in [-0.1, -0.05) is 0 Å². The van der Waals surface area contributed by atoms with E-state index in [0.717, 1.165) is 10.4 Å². The Morgan fingerprint density at radius 1 is 1.39 bits per heavy atom. The fraction of sp³-hybridized carbons (Fsp3) is 0.333. The van der Waals surface area contributed by atoms with Gasteiger partial charge < -0.3 is 20.5 Å². The standard InChI is InChI=1S/C18H19FN6O5S/c1-25-17(20)24-18(9-30-8-14(18)31(25,27)28)11-5-10(3-4-12(11)19)23-16(26)13-6-22-15(29-2)7-21-13/h3-7,14H,8-9H2,1-2H3,(H2,20,24)(H,23,26). The van der Waals surface area contributed by atoms with Gasteiger partial charge in [-0.3, -0.25) is 4.79 Å². The molecule has 0 aliphatic carbocycles. The van der Waals surface area contributed by atoms with Crippen LogP contribution >= 0.6 is 0 Å². The lowest BCUT2D eigenvalue weighted by atomic mass is 9.88. The van der Waals surface area contributed by atoms with Crippen LogP contribution in [0.5, 0.6) is 5.88 Å².